The number of anilines is 1. The van der Waals surface area contributed by atoms with Crippen molar-refractivity contribution < 1.29 is 24.2 Å². The molecule has 4 fully saturated rings. The number of aliphatic hydroxyl groups excluding tert-OH is 1. The van der Waals surface area contributed by atoms with Crippen molar-refractivity contribution in [2.45, 2.75) is 40.1 Å². The van der Waals surface area contributed by atoms with Crippen LogP contribution in [0.2, 0.25) is 0 Å². The number of alkyl halides is 1. The van der Waals surface area contributed by atoms with Crippen molar-refractivity contribution in [1.29, 1.82) is 0 Å². The summed E-state index contributed by atoms with van der Waals surface area (Å²) in [5.41, 5.74) is 0.762. The molecule has 234 valence electrons. The number of halogens is 1. The van der Waals surface area contributed by atoms with Gasteiger partial charge in [-0.3, -0.25) is 19.3 Å². The SMILES string of the molecule is C=CCN(CCN1CCOCC1)C(=O)C1N(CCCCO)C(=O)[C@@H]2[C@H](C(=O)N(CC=C)c3ccccc3)[C@H]3SC12CC3Br. The zero-order chi connectivity index (χ0) is 30.6. The van der Waals surface area contributed by atoms with E-state index in [4.69, 9.17) is 4.74 Å². The van der Waals surface area contributed by atoms with Crippen LogP contribution in [0.3, 0.4) is 0 Å². The van der Waals surface area contributed by atoms with Gasteiger partial charge in [-0.05, 0) is 31.4 Å². The van der Waals surface area contributed by atoms with Gasteiger partial charge in [0.2, 0.25) is 17.7 Å². The van der Waals surface area contributed by atoms with Gasteiger partial charge in [0.15, 0.2) is 0 Å². The summed E-state index contributed by atoms with van der Waals surface area (Å²) in [5, 5.41) is 9.36. The van der Waals surface area contributed by atoms with Gasteiger partial charge in [-0.15, -0.1) is 24.9 Å². The number of nitrogens with zero attached hydrogens (tertiary/aromatic N) is 4. The van der Waals surface area contributed by atoms with E-state index in [0.29, 0.717) is 58.7 Å². The molecule has 4 heterocycles. The van der Waals surface area contributed by atoms with Crippen molar-refractivity contribution in [3.63, 3.8) is 0 Å². The van der Waals surface area contributed by atoms with Gasteiger partial charge in [0.1, 0.15) is 6.04 Å². The van der Waals surface area contributed by atoms with Crippen molar-refractivity contribution in [1.82, 2.24) is 14.7 Å². The summed E-state index contributed by atoms with van der Waals surface area (Å²) in [7, 11) is 0. The molecule has 1 N–H and O–H groups in total. The van der Waals surface area contributed by atoms with Gasteiger partial charge in [-0.2, -0.15) is 0 Å². The molecular formula is C32H43BrN4O5S. The number of unbranched alkanes of at least 4 members (excludes halogenated alkanes) is 1. The second-order valence-corrected chi connectivity index (χ2v) is 14.4. The van der Waals surface area contributed by atoms with Gasteiger partial charge in [-0.25, -0.2) is 0 Å². The third-order valence-electron chi connectivity index (χ3n) is 9.21. The van der Waals surface area contributed by atoms with Crippen LogP contribution in [0.1, 0.15) is 19.3 Å². The van der Waals surface area contributed by atoms with Crippen LogP contribution >= 0.6 is 27.7 Å². The molecule has 0 aliphatic carbocycles. The minimum absolute atomic E-state index is 0.00856. The Bertz CT molecular complexity index is 1180. The van der Waals surface area contributed by atoms with Gasteiger partial charge in [0, 0.05) is 68.2 Å². The summed E-state index contributed by atoms with van der Waals surface area (Å²) in [6.07, 6.45) is 5.20. The number of hydrogen-bond donors (Lipinski definition) is 1. The quantitative estimate of drug-likeness (QED) is 0.184. The Balaban J connectivity index is 1.48. The van der Waals surface area contributed by atoms with Crippen LogP contribution < -0.4 is 4.90 Å². The molecule has 5 rings (SSSR count). The predicted octanol–water partition coefficient (Wildman–Crippen LogP) is 2.79. The zero-order valence-electron chi connectivity index (χ0n) is 24.7. The van der Waals surface area contributed by atoms with E-state index >= 15 is 0 Å². The molecule has 6 atom stereocenters. The third-order valence-corrected chi connectivity index (χ3v) is 12.4. The molecule has 11 heteroatoms. The van der Waals surface area contributed by atoms with Gasteiger partial charge < -0.3 is 24.5 Å². The topological polar surface area (TPSA) is 93.6 Å². The van der Waals surface area contributed by atoms with Crippen molar-refractivity contribution in [3.05, 3.63) is 55.6 Å². The first kappa shape index (κ1) is 32.2. The Kier molecular flexibility index (Phi) is 10.7. The zero-order valence-corrected chi connectivity index (χ0v) is 27.1. The maximum absolute atomic E-state index is 14.6. The highest BCUT2D eigenvalue weighted by Gasteiger charge is 2.76. The second-order valence-electron chi connectivity index (χ2n) is 11.7. The van der Waals surface area contributed by atoms with Crippen molar-refractivity contribution in [2.75, 3.05) is 70.5 Å². The number of ether oxygens (including phenoxy) is 1. The number of carbonyl (C=O) groups is 3. The molecule has 0 aromatic heterocycles. The number of thioether (sulfide) groups is 1. The number of para-hydroxylation sites is 1. The molecule has 3 amide bonds. The van der Waals surface area contributed by atoms with E-state index in [1.54, 1.807) is 33.7 Å². The normalized spacial score (nSPS) is 29.9. The molecule has 0 saturated carbocycles. The molecule has 9 nitrogen and oxygen atoms in total. The lowest BCUT2D eigenvalue weighted by Gasteiger charge is -2.39. The molecular weight excluding hydrogens is 632 g/mol. The highest BCUT2D eigenvalue weighted by molar-refractivity contribution is 9.09. The Labute approximate surface area is 267 Å². The number of amides is 3. The highest BCUT2D eigenvalue weighted by atomic mass is 79.9. The molecule has 0 radical (unpaired) electrons. The third kappa shape index (κ3) is 6.20. The lowest BCUT2D eigenvalue weighted by Crippen LogP contribution is -2.56. The van der Waals surface area contributed by atoms with E-state index in [1.807, 2.05) is 35.2 Å². The number of morpholine rings is 1. The lowest BCUT2D eigenvalue weighted by molar-refractivity contribution is -0.142. The summed E-state index contributed by atoms with van der Waals surface area (Å²) in [6.45, 7) is 13.2. The molecule has 1 aromatic carbocycles. The number of carbonyl (C=O) groups excluding carboxylic acids is 3. The van der Waals surface area contributed by atoms with E-state index in [0.717, 1.165) is 25.3 Å². The number of benzene rings is 1. The van der Waals surface area contributed by atoms with E-state index in [1.165, 1.54) is 0 Å². The molecule has 4 saturated heterocycles. The predicted molar refractivity (Wildman–Crippen MR) is 173 cm³/mol. The number of rotatable bonds is 14. The van der Waals surface area contributed by atoms with Crippen molar-refractivity contribution in [3.8, 4) is 0 Å². The Morgan fingerprint density at radius 1 is 1.09 bits per heavy atom. The van der Waals surface area contributed by atoms with Crippen molar-refractivity contribution >= 4 is 51.1 Å². The minimum Gasteiger partial charge on any atom is -0.396 e. The Hall–Kier alpha value is -2.18. The number of likely N-dealkylation sites (tertiary alicyclic amines) is 1. The van der Waals surface area contributed by atoms with Crippen LogP contribution in [-0.4, -0.2) is 124 Å². The average molecular weight is 676 g/mol. The Morgan fingerprint density at radius 2 is 1.81 bits per heavy atom. The first-order valence-corrected chi connectivity index (χ1v) is 17.1. The van der Waals surface area contributed by atoms with Crippen LogP contribution in [0.5, 0.6) is 0 Å². The number of hydrogen-bond acceptors (Lipinski definition) is 7. The van der Waals surface area contributed by atoms with E-state index < -0.39 is 22.6 Å². The van der Waals surface area contributed by atoms with Crippen molar-refractivity contribution in [2.24, 2.45) is 11.8 Å². The smallest absolute Gasteiger partial charge is 0.247 e. The summed E-state index contributed by atoms with van der Waals surface area (Å²) in [6, 6.07) is 8.81. The standard InChI is InChI=1S/C32H43BrN4O5S/c1-3-12-35(16-15-34-17-20-42-21-18-34)31(41)28-32-22-24(33)27(43-32)25(26(32)30(40)37(28)14-8-9-19-38)29(39)36(13-4-2)23-10-6-5-7-11-23/h3-7,10-11,24-28,38H,1-2,8-9,12-22H2/t24?,25-,26-,27-,28?,32?/m0/s1. The molecule has 4 aliphatic rings. The van der Waals surface area contributed by atoms with Crippen LogP contribution in [-0.2, 0) is 19.1 Å². The van der Waals surface area contributed by atoms with Crippen LogP contribution in [0.4, 0.5) is 5.69 Å². The molecule has 1 spiro atoms. The first-order chi connectivity index (χ1) is 20.9. The van der Waals surface area contributed by atoms with E-state index in [9.17, 15) is 19.5 Å². The van der Waals surface area contributed by atoms with Crippen LogP contribution in [0, 0.1) is 11.8 Å². The molecule has 4 aliphatic heterocycles. The molecule has 1 aromatic rings. The monoisotopic (exact) mass is 674 g/mol. The minimum atomic E-state index is -0.721. The summed E-state index contributed by atoms with van der Waals surface area (Å²) >= 11 is 5.53. The van der Waals surface area contributed by atoms with Gasteiger partial charge in [0.05, 0.1) is 29.8 Å². The maximum Gasteiger partial charge on any atom is 0.247 e. The largest absolute Gasteiger partial charge is 0.396 e. The number of aliphatic hydroxyl groups is 1. The lowest BCUT2D eigenvalue weighted by atomic mass is 9.70. The fraction of sp³-hybridized carbons (Fsp3) is 0.594. The maximum atomic E-state index is 14.6. The summed E-state index contributed by atoms with van der Waals surface area (Å²) < 4.78 is 4.77. The van der Waals surface area contributed by atoms with Crippen LogP contribution in [0.15, 0.2) is 55.6 Å². The van der Waals surface area contributed by atoms with Gasteiger partial charge >= 0.3 is 0 Å². The first-order valence-electron chi connectivity index (χ1n) is 15.3. The number of fused-ring (bicyclic) bond motifs is 1. The summed E-state index contributed by atoms with van der Waals surface area (Å²) in [5.74, 6) is -1.49. The van der Waals surface area contributed by atoms with Gasteiger partial charge in [-0.1, -0.05) is 46.3 Å². The average Bonchev–Trinajstić information content (AvgIpc) is 3.61. The molecule has 3 unspecified atom stereocenters. The Morgan fingerprint density at radius 3 is 2.49 bits per heavy atom. The van der Waals surface area contributed by atoms with E-state index in [2.05, 4.69) is 34.0 Å². The fourth-order valence-corrected chi connectivity index (χ4v) is 10.9. The molecule has 43 heavy (non-hydrogen) atoms. The highest BCUT2D eigenvalue weighted by Crippen LogP contribution is 2.68. The molecule has 2 bridgehead atoms. The second kappa shape index (κ2) is 14.3. The van der Waals surface area contributed by atoms with E-state index in [-0.39, 0.29) is 34.4 Å². The summed E-state index contributed by atoms with van der Waals surface area (Å²) in [4.78, 5) is 51.1. The fourth-order valence-electron chi connectivity index (χ4n) is 7.27. The van der Waals surface area contributed by atoms with Crippen LogP contribution in [0.25, 0.3) is 0 Å². The van der Waals surface area contributed by atoms with Gasteiger partial charge in [0.25, 0.3) is 0 Å².